The maximum atomic E-state index is 10.6. The Morgan fingerprint density at radius 3 is 1.73 bits per heavy atom. The van der Waals surface area contributed by atoms with Gasteiger partial charge in [0.1, 0.15) is 0 Å². The summed E-state index contributed by atoms with van der Waals surface area (Å²) in [5.74, 6) is -6.74. The molecule has 3 aliphatic rings. The molecule has 0 saturated carbocycles. The van der Waals surface area contributed by atoms with E-state index in [9.17, 15) is 39.5 Å². The normalized spacial score (nSPS) is 23.1. The van der Waals surface area contributed by atoms with Crippen molar-refractivity contribution in [1.29, 1.82) is 0 Å². The number of hydrogen-bond acceptors (Lipinski definition) is 8. The molecule has 3 saturated heterocycles. The molecule has 4 heterocycles. The molecule has 0 amide bonds. The van der Waals surface area contributed by atoms with Gasteiger partial charge in [0.05, 0.1) is 12.7 Å². The van der Waals surface area contributed by atoms with Gasteiger partial charge in [-0.2, -0.15) is 50.9 Å². The van der Waals surface area contributed by atoms with Crippen LogP contribution in [-0.4, -0.2) is 132 Å². The molecule has 4 rings (SSSR count). The Balaban J connectivity index is 0.000000379. The smallest absolute Gasteiger partial charge is 0.475 e. The third kappa shape index (κ3) is 14.9. The molecular formula is C24H32F9N3O7S. The lowest BCUT2D eigenvalue weighted by Crippen LogP contribution is -2.49. The SMILES string of the molecule is CN1CCN(C[C@@H]2OC[C@H]3CN(Cc4ccsc4)CC[C@H]32)CC1.O=C(O)C(F)(F)F.O=C(O)C(F)(F)F.O=C(O)C(F)(F)F. The Kier molecular flexibility index (Phi) is 15.3. The number of piperidine rings is 1. The second-order valence-corrected chi connectivity index (χ2v) is 10.7. The summed E-state index contributed by atoms with van der Waals surface area (Å²) in [4.78, 5) is 34.4. The summed E-state index contributed by atoms with van der Waals surface area (Å²) in [5, 5.41) is 25.8. The number of alkyl halides is 9. The number of thiophene rings is 1. The highest BCUT2D eigenvalue weighted by atomic mass is 32.1. The first-order valence-corrected chi connectivity index (χ1v) is 13.7. The Morgan fingerprint density at radius 1 is 0.841 bits per heavy atom. The summed E-state index contributed by atoms with van der Waals surface area (Å²) in [6.45, 7) is 10.5. The van der Waals surface area contributed by atoms with E-state index in [2.05, 4.69) is 38.6 Å². The van der Waals surface area contributed by atoms with Gasteiger partial charge in [-0.1, -0.05) is 0 Å². The molecule has 0 aliphatic carbocycles. The van der Waals surface area contributed by atoms with E-state index in [4.69, 9.17) is 34.4 Å². The Bertz CT molecular complexity index is 975. The number of fused-ring (bicyclic) bond motifs is 1. The second-order valence-electron chi connectivity index (χ2n) is 9.96. The number of carbonyl (C=O) groups is 3. The molecule has 3 N–H and O–H groups in total. The summed E-state index contributed by atoms with van der Waals surface area (Å²) in [7, 11) is 2.22. The summed E-state index contributed by atoms with van der Waals surface area (Å²) in [6, 6.07) is 2.26. The quantitative estimate of drug-likeness (QED) is 0.406. The molecule has 10 nitrogen and oxygen atoms in total. The van der Waals surface area contributed by atoms with Gasteiger partial charge in [0.25, 0.3) is 0 Å². The average Bonchev–Trinajstić information content (AvgIpc) is 3.55. The van der Waals surface area contributed by atoms with Crippen LogP contribution in [0.2, 0.25) is 0 Å². The molecule has 0 unspecified atom stereocenters. The van der Waals surface area contributed by atoms with Crippen molar-refractivity contribution in [3.8, 4) is 0 Å². The summed E-state index contributed by atoms with van der Waals surface area (Å²) < 4.78 is 101. The minimum Gasteiger partial charge on any atom is -0.475 e. The van der Waals surface area contributed by atoms with Gasteiger partial charge in [-0.3, -0.25) is 9.80 Å². The molecule has 0 bridgehead atoms. The fourth-order valence-electron chi connectivity index (χ4n) is 4.42. The van der Waals surface area contributed by atoms with Gasteiger partial charge in [0.15, 0.2) is 0 Å². The zero-order chi connectivity index (χ0) is 33.9. The summed E-state index contributed by atoms with van der Waals surface area (Å²) >= 11 is 1.81. The molecule has 20 heteroatoms. The zero-order valence-corrected chi connectivity index (χ0v) is 24.0. The van der Waals surface area contributed by atoms with E-state index >= 15 is 0 Å². The summed E-state index contributed by atoms with van der Waals surface area (Å²) in [6.07, 6.45) is -13.5. The van der Waals surface area contributed by atoms with Crippen molar-refractivity contribution in [2.75, 3.05) is 59.5 Å². The van der Waals surface area contributed by atoms with E-state index < -0.39 is 36.4 Å². The van der Waals surface area contributed by atoms with Gasteiger partial charge in [-0.25, -0.2) is 14.4 Å². The molecule has 3 aliphatic heterocycles. The van der Waals surface area contributed by atoms with Crippen LogP contribution < -0.4 is 0 Å². The number of likely N-dealkylation sites (tertiary alicyclic amines) is 1. The van der Waals surface area contributed by atoms with Crippen molar-refractivity contribution in [2.45, 2.75) is 37.6 Å². The lowest BCUT2D eigenvalue weighted by atomic mass is 9.84. The highest BCUT2D eigenvalue weighted by molar-refractivity contribution is 7.07. The number of aliphatic carboxylic acids is 3. The van der Waals surface area contributed by atoms with Crippen LogP contribution in [0.25, 0.3) is 0 Å². The van der Waals surface area contributed by atoms with E-state index in [1.54, 1.807) is 0 Å². The molecule has 0 spiro atoms. The Hall–Kier alpha value is -2.68. The van der Waals surface area contributed by atoms with Crippen molar-refractivity contribution in [3.05, 3.63) is 22.4 Å². The van der Waals surface area contributed by atoms with E-state index in [-0.39, 0.29) is 0 Å². The topological polar surface area (TPSA) is 131 Å². The minimum absolute atomic E-state index is 0.478. The van der Waals surface area contributed by atoms with Crippen molar-refractivity contribution >= 4 is 29.2 Å². The van der Waals surface area contributed by atoms with Crippen LogP contribution in [-0.2, 0) is 25.7 Å². The number of likely N-dealkylation sites (N-methyl/N-ethyl adjacent to an activating group) is 1. The molecular weight excluding hydrogens is 645 g/mol. The van der Waals surface area contributed by atoms with Crippen molar-refractivity contribution in [3.63, 3.8) is 0 Å². The average molecular weight is 678 g/mol. The van der Waals surface area contributed by atoms with E-state index in [1.807, 2.05) is 11.3 Å². The number of ether oxygens (including phenoxy) is 1. The lowest BCUT2D eigenvalue weighted by Gasteiger charge is -2.38. The van der Waals surface area contributed by atoms with Crippen molar-refractivity contribution in [1.82, 2.24) is 14.7 Å². The molecule has 254 valence electrons. The number of nitrogens with zero attached hydrogens (tertiary/aromatic N) is 3. The van der Waals surface area contributed by atoms with Crippen molar-refractivity contribution < 1.29 is 74.0 Å². The molecule has 3 atom stereocenters. The minimum atomic E-state index is -5.08. The number of piperazine rings is 1. The standard InChI is InChI=1S/C18H29N3OS.3C2HF3O2/c1-19-5-7-20(8-6-19)12-18-17-2-4-21(11-16(17)13-22-18)10-15-3-9-23-14-15;3*3-2(4,5)1(6)7/h3,9,14,16-18H,2,4-8,10-13H2,1H3;3*(H,6,7)/t16-,17-,18+;;;/m1.../s1. The summed E-state index contributed by atoms with van der Waals surface area (Å²) in [5.41, 5.74) is 1.47. The number of carboxylic acids is 3. The second kappa shape index (κ2) is 17.1. The first-order chi connectivity index (χ1) is 20.1. The highest BCUT2D eigenvalue weighted by Gasteiger charge is 2.42. The van der Waals surface area contributed by atoms with Gasteiger partial charge < -0.3 is 25.0 Å². The molecule has 3 fully saturated rings. The monoisotopic (exact) mass is 677 g/mol. The number of carboxylic acid groups (broad SMARTS) is 3. The van der Waals surface area contributed by atoms with Crippen LogP contribution >= 0.6 is 11.3 Å². The van der Waals surface area contributed by atoms with Crippen LogP contribution in [0, 0.1) is 11.8 Å². The van der Waals surface area contributed by atoms with Crippen LogP contribution in [0.4, 0.5) is 39.5 Å². The lowest BCUT2D eigenvalue weighted by molar-refractivity contribution is -0.193. The van der Waals surface area contributed by atoms with Gasteiger partial charge >= 0.3 is 36.4 Å². The van der Waals surface area contributed by atoms with E-state index in [1.165, 1.54) is 51.3 Å². The van der Waals surface area contributed by atoms with Crippen molar-refractivity contribution in [2.24, 2.45) is 11.8 Å². The largest absolute Gasteiger partial charge is 0.490 e. The Labute approximate surface area is 249 Å². The van der Waals surface area contributed by atoms with Crippen LogP contribution in [0.1, 0.15) is 12.0 Å². The number of rotatable bonds is 4. The van der Waals surface area contributed by atoms with Gasteiger partial charge in [0.2, 0.25) is 0 Å². The first kappa shape index (κ1) is 39.3. The third-order valence-corrected chi connectivity index (χ3v) is 7.36. The van der Waals surface area contributed by atoms with Crippen LogP contribution in [0.5, 0.6) is 0 Å². The highest BCUT2D eigenvalue weighted by Crippen LogP contribution is 2.35. The van der Waals surface area contributed by atoms with Gasteiger partial charge in [-0.05, 0) is 48.3 Å². The van der Waals surface area contributed by atoms with E-state index in [0.717, 1.165) is 31.5 Å². The molecule has 0 radical (unpaired) electrons. The van der Waals surface area contributed by atoms with Crippen LogP contribution in [0.15, 0.2) is 16.8 Å². The molecule has 44 heavy (non-hydrogen) atoms. The maximum absolute atomic E-state index is 10.6. The number of halogens is 9. The molecule has 1 aromatic heterocycles. The number of hydrogen-bond donors (Lipinski definition) is 3. The fourth-order valence-corrected chi connectivity index (χ4v) is 5.08. The van der Waals surface area contributed by atoms with Gasteiger partial charge in [-0.15, -0.1) is 0 Å². The molecule has 0 aromatic carbocycles. The maximum Gasteiger partial charge on any atom is 0.490 e. The fraction of sp³-hybridized carbons (Fsp3) is 0.708. The third-order valence-electron chi connectivity index (χ3n) is 6.63. The first-order valence-electron chi connectivity index (χ1n) is 12.8. The predicted molar refractivity (Wildman–Crippen MR) is 136 cm³/mol. The molecule has 1 aromatic rings. The predicted octanol–water partition coefficient (Wildman–Crippen LogP) is 3.73. The van der Waals surface area contributed by atoms with Crippen LogP contribution in [0.3, 0.4) is 0 Å². The van der Waals surface area contributed by atoms with E-state index in [0.29, 0.717) is 6.10 Å². The Morgan fingerprint density at radius 2 is 1.32 bits per heavy atom. The zero-order valence-electron chi connectivity index (χ0n) is 23.2. The van der Waals surface area contributed by atoms with Gasteiger partial charge in [0, 0.05) is 51.7 Å².